The fourth-order valence-electron chi connectivity index (χ4n) is 7.74. The zero-order valence-electron chi connectivity index (χ0n) is 23.8. The van der Waals surface area contributed by atoms with E-state index in [0.717, 1.165) is 26.8 Å². The number of carbonyl (C=O) groups excluding carboxylic acids is 2. The van der Waals surface area contributed by atoms with Crippen LogP contribution < -0.4 is 9.47 Å². The number of nitrogens with zero attached hydrogens (tertiary/aromatic N) is 1. The zero-order valence-corrected chi connectivity index (χ0v) is 26.2. The molecule has 2 amide bonds. The minimum absolute atomic E-state index is 0.00279. The minimum Gasteiger partial charge on any atom is -0.493 e. The predicted octanol–water partition coefficient (Wildman–Crippen LogP) is 5.82. The molecule has 2 bridgehead atoms. The minimum atomic E-state index is -1.12. The van der Waals surface area contributed by atoms with E-state index in [0.29, 0.717) is 28.0 Å². The van der Waals surface area contributed by atoms with Crippen molar-refractivity contribution in [2.24, 2.45) is 41.4 Å². The molecule has 1 aromatic heterocycles. The van der Waals surface area contributed by atoms with Crippen LogP contribution in [-0.4, -0.2) is 57.8 Å². The summed E-state index contributed by atoms with van der Waals surface area (Å²) in [5, 5.41) is 11.1. The number of rotatable bonds is 9. The Morgan fingerprint density at radius 1 is 1.12 bits per heavy atom. The number of likely N-dealkylation sites (tertiary alicyclic amines) is 1. The van der Waals surface area contributed by atoms with Crippen molar-refractivity contribution in [3.63, 3.8) is 0 Å². The number of H-pyrrole nitrogens is 1. The van der Waals surface area contributed by atoms with Crippen molar-refractivity contribution in [1.82, 2.24) is 9.88 Å². The number of ether oxygens (including phenoxy) is 2. The van der Waals surface area contributed by atoms with Crippen molar-refractivity contribution < 1.29 is 29.0 Å². The topological polar surface area (TPSA) is 109 Å². The first-order chi connectivity index (χ1) is 19.5. The highest BCUT2D eigenvalue weighted by molar-refractivity contribution is 8.00. The average Bonchev–Trinajstić information content (AvgIpc) is 3.64. The van der Waals surface area contributed by atoms with E-state index in [1.807, 2.05) is 26.0 Å². The summed E-state index contributed by atoms with van der Waals surface area (Å²) >= 11 is 8.89. The molecule has 0 radical (unpaired) electrons. The van der Waals surface area contributed by atoms with Gasteiger partial charge in [-0.15, -0.1) is 23.1 Å². The molecule has 3 fully saturated rings. The normalized spacial score (nSPS) is 30.5. The number of carboxylic acids is 1. The first-order valence-corrected chi connectivity index (χ1v) is 16.4. The first kappa shape index (κ1) is 28.7. The van der Waals surface area contributed by atoms with Gasteiger partial charge in [0.25, 0.3) is 0 Å². The highest BCUT2D eigenvalue weighted by Crippen LogP contribution is 2.69. The van der Waals surface area contributed by atoms with Crippen molar-refractivity contribution >= 4 is 53.1 Å². The van der Waals surface area contributed by atoms with E-state index in [-0.39, 0.29) is 53.1 Å². The fraction of sp³-hybridized carbons (Fsp3) is 0.600. The number of aromatic amines is 1. The largest absolute Gasteiger partial charge is 0.493 e. The number of methoxy groups -OCH3 is 1. The molecule has 1 aromatic carbocycles. The molecule has 2 aliphatic heterocycles. The maximum Gasteiger partial charge on any atom is 0.326 e. The van der Waals surface area contributed by atoms with Crippen LogP contribution >= 0.6 is 35.3 Å². The number of fused-ring (bicyclic) bond motifs is 9. The molecule has 2 N–H and O–H groups in total. The van der Waals surface area contributed by atoms with E-state index in [9.17, 15) is 19.5 Å². The van der Waals surface area contributed by atoms with E-state index in [1.54, 1.807) is 30.2 Å². The van der Waals surface area contributed by atoms with Crippen molar-refractivity contribution in [3.8, 4) is 11.5 Å². The number of imide groups is 1. The lowest BCUT2D eigenvalue weighted by molar-refractivity contribution is -0.156. The Hall–Kier alpha value is -2.37. The van der Waals surface area contributed by atoms with Gasteiger partial charge in [0, 0.05) is 16.0 Å². The van der Waals surface area contributed by atoms with Gasteiger partial charge < -0.3 is 19.6 Å². The SMILES string of the molecule is COc1cc(C2c3sc(=S)[nH]c3SC3C4CC(C5C(=O)N(C(CC(C)C)C(=O)O)C(=O)C45)C23)ccc1OCC(C)C. The zero-order chi connectivity index (χ0) is 29.3. The highest BCUT2D eigenvalue weighted by Gasteiger charge is 2.70. The van der Waals surface area contributed by atoms with Crippen LogP contribution in [0.5, 0.6) is 11.5 Å². The van der Waals surface area contributed by atoms with Gasteiger partial charge in [0.15, 0.2) is 15.5 Å². The number of aliphatic carboxylic acids is 1. The third-order valence-corrected chi connectivity index (χ3v) is 12.1. The first-order valence-electron chi connectivity index (χ1n) is 14.3. The lowest BCUT2D eigenvalue weighted by atomic mass is 9.68. The Balaban J connectivity index is 1.39. The molecule has 0 spiro atoms. The number of nitrogens with one attached hydrogen (secondary N) is 1. The molecule has 1 saturated heterocycles. The summed E-state index contributed by atoms with van der Waals surface area (Å²) in [5.74, 6) is -0.809. The summed E-state index contributed by atoms with van der Waals surface area (Å²) in [7, 11) is 1.64. The summed E-state index contributed by atoms with van der Waals surface area (Å²) in [6, 6.07) is 4.97. The van der Waals surface area contributed by atoms with Crippen LogP contribution in [0.1, 0.15) is 56.9 Å². The molecule has 8 atom stereocenters. The Morgan fingerprint density at radius 3 is 2.46 bits per heavy atom. The van der Waals surface area contributed by atoms with Crippen molar-refractivity contribution in [2.45, 2.75) is 62.8 Å². The van der Waals surface area contributed by atoms with Gasteiger partial charge in [0.05, 0.1) is 30.6 Å². The Morgan fingerprint density at radius 2 is 1.83 bits per heavy atom. The number of benzene rings is 1. The summed E-state index contributed by atoms with van der Waals surface area (Å²) in [6.07, 6.45) is 1.05. The molecule has 2 aliphatic carbocycles. The molecule has 6 rings (SSSR count). The molecular formula is C30H36N2O6S3. The van der Waals surface area contributed by atoms with E-state index >= 15 is 0 Å². The lowest BCUT2D eigenvalue weighted by Gasteiger charge is -2.43. The summed E-state index contributed by atoms with van der Waals surface area (Å²) in [6.45, 7) is 8.61. The predicted molar refractivity (Wildman–Crippen MR) is 159 cm³/mol. The van der Waals surface area contributed by atoms with Crippen molar-refractivity contribution in [1.29, 1.82) is 0 Å². The molecule has 8 unspecified atom stereocenters. The fourth-order valence-corrected chi connectivity index (χ4v) is 11.1. The van der Waals surface area contributed by atoms with E-state index in [2.05, 4.69) is 24.9 Å². The monoisotopic (exact) mass is 616 g/mol. The second-order valence-electron chi connectivity index (χ2n) is 12.6. The van der Waals surface area contributed by atoms with Crippen LogP contribution in [0.15, 0.2) is 23.2 Å². The molecular weight excluding hydrogens is 581 g/mol. The van der Waals surface area contributed by atoms with Crippen LogP contribution in [0, 0.1) is 45.4 Å². The van der Waals surface area contributed by atoms with Crippen LogP contribution in [0.3, 0.4) is 0 Å². The molecule has 3 heterocycles. The van der Waals surface area contributed by atoms with Gasteiger partial charge in [-0.1, -0.05) is 33.8 Å². The maximum atomic E-state index is 13.9. The maximum absolute atomic E-state index is 13.9. The van der Waals surface area contributed by atoms with Gasteiger partial charge >= 0.3 is 5.97 Å². The second kappa shape index (κ2) is 10.7. The Bertz CT molecular complexity index is 1450. The number of hydrogen-bond donors (Lipinski definition) is 2. The van der Waals surface area contributed by atoms with Crippen LogP contribution in [-0.2, 0) is 14.4 Å². The Kier molecular flexibility index (Phi) is 7.51. The van der Waals surface area contributed by atoms with Crippen molar-refractivity contribution in [2.75, 3.05) is 13.7 Å². The summed E-state index contributed by atoms with van der Waals surface area (Å²) in [4.78, 5) is 45.6. The van der Waals surface area contributed by atoms with Crippen molar-refractivity contribution in [3.05, 3.63) is 32.6 Å². The number of thiazole rings is 1. The van der Waals surface area contributed by atoms with Gasteiger partial charge in [-0.3, -0.25) is 14.5 Å². The van der Waals surface area contributed by atoms with Gasteiger partial charge in [0.1, 0.15) is 6.04 Å². The third-order valence-electron chi connectivity index (χ3n) is 9.17. The quantitative estimate of drug-likeness (QED) is 0.268. The molecule has 2 aromatic rings. The summed E-state index contributed by atoms with van der Waals surface area (Å²) in [5.41, 5.74) is 1.07. The van der Waals surface area contributed by atoms with E-state index in [4.69, 9.17) is 21.7 Å². The Labute approximate surface area is 253 Å². The smallest absolute Gasteiger partial charge is 0.326 e. The average molecular weight is 617 g/mol. The van der Waals surface area contributed by atoms with Gasteiger partial charge in [-0.05, 0) is 72.3 Å². The molecule has 8 nitrogen and oxygen atoms in total. The summed E-state index contributed by atoms with van der Waals surface area (Å²) < 4.78 is 12.5. The molecule has 4 aliphatic rings. The lowest BCUT2D eigenvalue weighted by Crippen LogP contribution is -2.47. The van der Waals surface area contributed by atoms with Crippen LogP contribution in [0.2, 0.25) is 0 Å². The molecule has 220 valence electrons. The van der Waals surface area contributed by atoms with Crippen LogP contribution in [0.4, 0.5) is 0 Å². The molecule has 41 heavy (non-hydrogen) atoms. The molecule has 2 saturated carbocycles. The number of carbonyl (C=O) groups is 3. The number of amides is 2. The highest BCUT2D eigenvalue weighted by atomic mass is 32.2. The number of hydrogen-bond acceptors (Lipinski definition) is 8. The van der Waals surface area contributed by atoms with Crippen LogP contribution in [0.25, 0.3) is 0 Å². The number of thioether (sulfide) groups is 1. The second-order valence-corrected chi connectivity index (χ2v) is 15.5. The van der Waals surface area contributed by atoms with Gasteiger partial charge in [0.2, 0.25) is 11.8 Å². The third kappa shape index (κ3) is 4.63. The van der Waals surface area contributed by atoms with Gasteiger partial charge in [-0.25, -0.2) is 4.79 Å². The van der Waals surface area contributed by atoms with E-state index < -0.39 is 23.8 Å². The molecule has 11 heteroatoms. The van der Waals surface area contributed by atoms with E-state index in [1.165, 1.54) is 0 Å². The standard InChI is InChI=1S/C30H36N2O6S3/c1-12(2)8-17(29(35)36)32-27(33)22-15-10-16(23(22)28(32)34)24-21(15)20(25-26(40-24)31-30(39)41-25)14-6-7-18(19(9-14)37-5)38-11-13(3)4/h6-7,9,12-13,15-17,20-24H,8,10-11H2,1-5H3,(H,31,39)(H,35,36). The number of carboxylic acid groups (broad SMARTS) is 1. The number of aromatic nitrogens is 1. The van der Waals surface area contributed by atoms with Gasteiger partial charge in [-0.2, -0.15) is 0 Å².